The summed E-state index contributed by atoms with van der Waals surface area (Å²) in [6.45, 7) is 7.86. The number of nitrogens with zero attached hydrogens (tertiary/aromatic N) is 2. The second kappa shape index (κ2) is 10.2. The van der Waals surface area contributed by atoms with Crippen LogP contribution < -0.4 is 10.6 Å². The van der Waals surface area contributed by atoms with E-state index in [0.717, 1.165) is 54.6 Å². The number of hydrogen-bond acceptors (Lipinski definition) is 5. The van der Waals surface area contributed by atoms with Crippen LogP contribution in [0.3, 0.4) is 0 Å². The number of aromatic nitrogens is 3. The molecule has 8 heteroatoms. The highest BCUT2D eigenvalue weighted by Gasteiger charge is 2.32. The average Bonchev–Trinajstić information content (AvgIpc) is 3.45. The van der Waals surface area contributed by atoms with Gasteiger partial charge in [0.05, 0.1) is 11.4 Å². The maximum atomic E-state index is 13.4. The molecule has 1 aromatic carbocycles. The van der Waals surface area contributed by atoms with Crippen molar-refractivity contribution < 1.29 is 14.1 Å². The maximum Gasteiger partial charge on any atom is 0.257 e. The molecule has 1 aliphatic carbocycles. The van der Waals surface area contributed by atoms with Crippen LogP contribution in [0.1, 0.15) is 79.3 Å². The van der Waals surface area contributed by atoms with Crippen molar-refractivity contribution in [2.24, 2.45) is 5.92 Å². The molecule has 34 heavy (non-hydrogen) atoms. The Morgan fingerprint density at radius 2 is 1.79 bits per heavy atom. The van der Waals surface area contributed by atoms with Crippen LogP contribution >= 0.6 is 0 Å². The molecule has 2 amide bonds. The van der Waals surface area contributed by atoms with Crippen LogP contribution in [0, 0.1) is 19.8 Å². The lowest BCUT2D eigenvalue weighted by atomic mass is 9.83. The van der Waals surface area contributed by atoms with Gasteiger partial charge in [0.25, 0.3) is 5.91 Å². The average molecular weight is 464 g/mol. The van der Waals surface area contributed by atoms with Gasteiger partial charge in [0.15, 0.2) is 0 Å². The van der Waals surface area contributed by atoms with Crippen molar-refractivity contribution in [1.82, 2.24) is 20.7 Å². The van der Waals surface area contributed by atoms with Gasteiger partial charge >= 0.3 is 0 Å². The highest BCUT2D eigenvalue weighted by atomic mass is 16.5. The molecule has 1 fully saturated rings. The molecule has 3 aromatic rings. The van der Waals surface area contributed by atoms with Crippen LogP contribution in [0.5, 0.6) is 0 Å². The molecule has 1 saturated carbocycles. The fourth-order valence-electron chi connectivity index (χ4n) is 4.83. The number of aromatic amines is 1. The molecule has 0 radical (unpaired) electrons. The monoisotopic (exact) mass is 463 g/mol. The summed E-state index contributed by atoms with van der Waals surface area (Å²) >= 11 is 0. The summed E-state index contributed by atoms with van der Waals surface area (Å²) < 4.78 is 5.05. The molecule has 180 valence electrons. The molecule has 0 saturated heterocycles. The van der Waals surface area contributed by atoms with Gasteiger partial charge in [0.2, 0.25) is 5.91 Å². The molecule has 4 rings (SSSR count). The predicted octanol–water partition coefficient (Wildman–Crippen LogP) is 5.12. The molecule has 3 N–H and O–H groups in total. The Bertz CT molecular complexity index is 1120. The topological polar surface area (TPSA) is 113 Å². The minimum absolute atomic E-state index is 0.0440. The number of carbonyl (C=O) groups excluding carboxylic acids is 2. The van der Waals surface area contributed by atoms with Crippen LogP contribution in [-0.2, 0) is 4.79 Å². The second-order valence-corrected chi connectivity index (χ2v) is 9.49. The first-order valence-electron chi connectivity index (χ1n) is 12.0. The number of H-pyrrole nitrogens is 1. The van der Waals surface area contributed by atoms with Gasteiger partial charge in [-0.3, -0.25) is 14.7 Å². The van der Waals surface area contributed by atoms with Crippen molar-refractivity contribution in [3.63, 3.8) is 0 Å². The SMILES string of the molecule is Cc1n[nH]c(C)c1-c1ccc(NC(=O)[C@@H](NC(=O)c2conc2C(C)C)C2CCCCC2)cc1. The minimum Gasteiger partial charge on any atom is -0.364 e. The molecule has 0 bridgehead atoms. The van der Waals surface area contributed by atoms with Gasteiger partial charge in [-0.15, -0.1) is 0 Å². The van der Waals surface area contributed by atoms with Crippen molar-refractivity contribution in [2.45, 2.75) is 71.8 Å². The van der Waals surface area contributed by atoms with Crippen molar-refractivity contribution >= 4 is 17.5 Å². The number of hydrogen-bond donors (Lipinski definition) is 3. The summed E-state index contributed by atoms with van der Waals surface area (Å²) in [6.07, 6.45) is 6.48. The first-order valence-corrected chi connectivity index (χ1v) is 12.0. The number of nitrogens with one attached hydrogen (secondary N) is 3. The Balaban J connectivity index is 1.51. The number of anilines is 1. The Labute approximate surface area is 199 Å². The summed E-state index contributed by atoms with van der Waals surface area (Å²) in [5.74, 6) is -0.388. The molecular weight excluding hydrogens is 430 g/mol. The zero-order chi connectivity index (χ0) is 24.2. The van der Waals surface area contributed by atoms with E-state index in [2.05, 4.69) is 26.0 Å². The van der Waals surface area contributed by atoms with Crippen molar-refractivity contribution in [3.05, 3.63) is 53.2 Å². The van der Waals surface area contributed by atoms with Gasteiger partial charge in [-0.25, -0.2) is 0 Å². The van der Waals surface area contributed by atoms with E-state index in [1.54, 1.807) is 0 Å². The third-order valence-electron chi connectivity index (χ3n) is 6.65. The Morgan fingerprint density at radius 3 is 2.41 bits per heavy atom. The summed E-state index contributed by atoms with van der Waals surface area (Å²) in [5, 5.41) is 17.2. The third kappa shape index (κ3) is 5.05. The Hall–Kier alpha value is -3.42. The van der Waals surface area contributed by atoms with Crippen LogP contribution in [0.2, 0.25) is 0 Å². The third-order valence-corrected chi connectivity index (χ3v) is 6.65. The molecule has 0 aliphatic heterocycles. The normalized spacial score (nSPS) is 15.3. The molecule has 8 nitrogen and oxygen atoms in total. The maximum absolute atomic E-state index is 13.4. The molecular formula is C26H33N5O3. The number of carbonyl (C=O) groups is 2. The smallest absolute Gasteiger partial charge is 0.257 e. The fraction of sp³-hybridized carbons (Fsp3) is 0.462. The second-order valence-electron chi connectivity index (χ2n) is 9.49. The zero-order valence-electron chi connectivity index (χ0n) is 20.3. The molecule has 1 atom stereocenters. The van der Waals surface area contributed by atoms with Crippen LogP contribution in [0.25, 0.3) is 11.1 Å². The van der Waals surface area contributed by atoms with Crippen LogP contribution in [0.15, 0.2) is 35.1 Å². The van der Waals surface area contributed by atoms with Crippen molar-refractivity contribution in [2.75, 3.05) is 5.32 Å². The lowest BCUT2D eigenvalue weighted by Crippen LogP contribution is -2.49. The molecule has 1 aliphatic rings. The predicted molar refractivity (Wildman–Crippen MR) is 131 cm³/mol. The van der Waals surface area contributed by atoms with Gasteiger partial charge in [-0.2, -0.15) is 5.10 Å². The molecule has 2 heterocycles. The summed E-state index contributed by atoms with van der Waals surface area (Å²) in [4.78, 5) is 26.5. The van der Waals surface area contributed by atoms with Gasteiger partial charge < -0.3 is 15.2 Å². The number of rotatable bonds is 7. The van der Waals surface area contributed by atoms with Gasteiger partial charge in [-0.1, -0.05) is 50.4 Å². The van der Waals surface area contributed by atoms with Gasteiger partial charge in [-0.05, 0) is 56.2 Å². The first kappa shape index (κ1) is 23.7. The summed E-state index contributed by atoms with van der Waals surface area (Å²) in [5.41, 5.74) is 5.72. The van der Waals surface area contributed by atoms with E-state index in [1.807, 2.05) is 52.0 Å². The minimum atomic E-state index is -0.624. The Morgan fingerprint density at radius 1 is 1.09 bits per heavy atom. The van der Waals surface area contributed by atoms with Gasteiger partial charge in [0.1, 0.15) is 17.9 Å². The van der Waals surface area contributed by atoms with E-state index < -0.39 is 6.04 Å². The first-order chi connectivity index (χ1) is 16.3. The van der Waals surface area contributed by atoms with Crippen molar-refractivity contribution in [1.29, 1.82) is 0 Å². The molecule has 0 unspecified atom stereocenters. The van der Waals surface area contributed by atoms with E-state index in [1.165, 1.54) is 6.26 Å². The van der Waals surface area contributed by atoms with Crippen LogP contribution in [0.4, 0.5) is 5.69 Å². The van der Waals surface area contributed by atoms with E-state index >= 15 is 0 Å². The number of aryl methyl sites for hydroxylation is 2. The quantitative estimate of drug-likeness (QED) is 0.450. The fourth-order valence-corrected chi connectivity index (χ4v) is 4.83. The van der Waals surface area contributed by atoms with Crippen LogP contribution in [-0.4, -0.2) is 33.2 Å². The number of benzene rings is 1. The lowest BCUT2D eigenvalue weighted by molar-refractivity contribution is -0.119. The standard InChI is InChI=1S/C26H33N5O3/c1-15(2)23-21(14-34-31-23)25(32)28-24(19-8-6-5-7-9-19)26(33)27-20-12-10-18(11-13-20)22-16(3)29-30-17(22)4/h10-15,19,24H,5-9H2,1-4H3,(H,27,33)(H,28,32)(H,29,30)/t24-/m0/s1. The highest BCUT2D eigenvalue weighted by molar-refractivity contribution is 6.01. The van der Waals surface area contributed by atoms with E-state index in [-0.39, 0.29) is 23.7 Å². The number of amides is 2. The van der Waals surface area contributed by atoms with Crippen molar-refractivity contribution in [3.8, 4) is 11.1 Å². The summed E-state index contributed by atoms with van der Waals surface area (Å²) in [7, 11) is 0. The summed E-state index contributed by atoms with van der Waals surface area (Å²) in [6, 6.07) is 7.09. The van der Waals surface area contributed by atoms with E-state index in [9.17, 15) is 9.59 Å². The van der Waals surface area contributed by atoms with E-state index in [0.29, 0.717) is 16.9 Å². The molecule has 0 spiro atoms. The largest absolute Gasteiger partial charge is 0.364 e. The Kier molecular flexibility index (Phi) is 7.14. The van der Waals surface area contributed by atoms with E-state index in [4.69, 9.17) is 4.52 Å². The zero-order valence-corrected chi connectivity index (χ0v) is 20.3. The lowest BCUT2D eigenvalue weighted by Gasteiger charge is -2.30. The molecule has 2 aromatic heterocycles. The van der Waals surface area contributed by atoms with Gasteiger partial charge in [0, 0.05) is 16.9 Å². The highest BCUT2D eigenvalue weighted by Crippen LogP contribution is 2.29.